The van der Waals surface area contributed by atoms with Crippen molar-refractivity contribution in [3.05, 3.63) is 71.3 Å². The molecule has 1 aliphatic heterocycles. The molecular weight excluding hydrogens is 402 g/mol. The van der Waals surface area contributed by atoms with E-state index in [0.29, 0.717) is 0 Å². The molecule has 0 radical (unpaired) electrons. The van der Waals surface area contributed by atoms with Crippen LogP contribution in [0.2, 0.25) is 0 Å². The number of carbonyl (C=O) groups excluding carboxylic acids is 3. The molecule has 1 saturated heterocycles. The maximum atomic E-state index is 13.3. The van der Waals surface area contributed by atoms with E-state index in [1.807, 2.05) is 13.8 Å². The first-order chi connectivity index (χ1) is 14.6. The van der Waals surface area contributed by atoms with Crippen LogP contribution in [0.5, 0.6) is 0 Å². The Morgan fingerprint density at radius 1 is 0.839 bits per heavy atom. The Morgan fingerprint density at radius 2 is 1.35 bits per heavy atom. The normalized spacial score (nSPS) is 18.5. The number of urea groups is 1. The van der Waals surface area contributed by atoms with Crippen LogP contribution < -0.4 is 0 Å². The molecule has 1 heterocycles. The van der Waals surface area contributed by atoms with E-state index < -0.39 is 28.7 Å². The lowest BCUT2D eigenvalue weighted by Gasteiger charge is -2.38. The number of halogens is 2. The summed E-state index contributed by atoms with van der Waals surface area (Å²) in [7, 11) is 0. The standard InChI is InChI=1S/C24H24F2N2O3/c1-23(2,16-3-7-18(25)8-4-16)14-27-20(29)13-21(30)28(22(27)31)15-24(11-12-24)17-5-9-19(26)10-6-17/h3-10H,11-15H2,1-2H3. The minimum atomic E-state index is -0.634. The second-order valence-corrected chi connectivity index (χ2v) is 9.10. The van der Waals surface area contributed by atoms with Gasteiger partial charge in [0.15, 0.2) is 0 Å². The summed E-state index contributed by atoms with van der Waals surface area (Å²) in [6, 6.07) is 11.4. The SMILES string of the molecule is CC(C)(CN1C(=O)CC(=O)N(CC2(c3ccc(F)cc3)CC2)C1=O)c1ccc(F)cc1. The van der Waals surface area contributed by atoms with Crippen molar-refractivity contribution in [1.29, 1.82) is 0 Å². The number of benzene rings is 2. The second-order valence-electron chi connectivity index (χ2n) is 9.10. The summed E-state index contributed by atoms with van der Waals surface area (Å²) in [6.45, 7) is 3.96. The van der Waals surface area contributed by atoms with Crippen molar-refractivity contribution in [2.45, 2.75) is 43.9 Å². The molecule has 5 nitrogen and oxygen atoms in total. The highest BCUT2D eigenvalue weighted by Crippen LogP contribution is 2.49. The van der Waals surface area contributed by atoms with E-state index in [1.54, 1.807) is 24.3 Å². The molecule has 4 rings (SSSR count). The number of rotatable bonds is 6. The first-order valence-corrected chi connectivity index (χ1v) is 10.3. The predicted molar refractivity (Wildman–Crippen MR) is 110 cm³/mol. The molecule has 2 fully saturated rings. The lowest BCUT2D eigenvalue weighted by atomic mass is 9.84. The van der Waals surface area contributed by atoms with Gasteiger partial charge in [0.05, 0.1) is 0 Å². The van der Waals surface area contributed by atoms with Crippen molar-refractivity contribution < 1.29 is 23.2 Å². The number of carbonyl (C=O) groups is 3. The summed E-state index contributed by atoms with van der Waals surface area (Å²) in [5.74, 6) is -1.76. The minimum Gasteiger partial charge on any atom is -0.274 e. The molecule has 31 heavy (non-hydrogen) atoms. The highest BCUT2D eigenvalue weighted by molar-refractivity contribution is 6.14. The lowest BCUT2D eigenvalue weighted by Crippen LogP contribution is -2.58. The molecule has 162 valence electrons. The molecular formula is C24H24F2N2O3. The van der Waals surface area contributed by atoms with Gasteiger partial charge in [-0.1, -0.05) is 38.1 Å². The van der Waals surface area contributed by atoms with Gasteiger partial charge in [-0.2, -0.15) is 0 Å². The Balaban J connectivity index is 1.55. The fourth-order valence-corrected chi connectivity index (χ4v) is 4.17. The highest BCUT2D eigenvalue weighted by Gasteiger charge is 2.50. The van der Waals surface area contributed by atoms with Crippen molar-refractivity contribution in [2.75, 3.05) is 13.1 Å². The van der Waals surface area contributed by atoms with E-state index in [1.165, 1.54) is 24.3 Å². The largest absolute Gasteiger partial charge is 0.333 e. The van der Waals surface area contributed by atoms with Crippen LogP contribution in [0.3, 0.4) is 0 Å². The van der Waals surface area contributed by atoms with Gasteiger partial charge >= 0.3 is 6.03 Å². The first kappa shape index (κ1) is 21.2. The number of hydrogen-bond donors (Lipinski definition) is 0. The third kappa shape index (κ3) is 4.09. The molecule has 0 spiro atoms. The number of barbiturate groups is 1. The monoisotopic (exact) mass is 426 g/mol. The van der Waals surface area contributed by atoms with Gasteiger partial charge in [-0.25, -0.2) is 13.6 Å². The van der Waals surface area contributed by atoms with Gasteiger partial charge in [-0.05, 0) is 48.2 Å². The van der Waals surface area contributed by atoms with Gasteiger partial charge in [-0.15, -0.1) is 0 Å². The van der Waals surface area contributed by atoms with E-state index >= 15 is 0 Å². The Bertz CT molecular complexity index is 958. The fourth-order valence-electron chi connectivity index (χ4n) is 4.17. The zero-order valence-corrected chi connectivity index (χ0v) is 17.5. The van der Waals surface area contributed by atoms with E-state index in [-0.39, 0.29) is 31.1 Å². The molecule has 0 unspecified atom stereocenters. The minimum absolute atomic E-state index is 0.0730. The third-order valence-corrected chi connectivity index (χ3v) is 6.32. The topological polar surface area (TPSA) is 57.7 Å². The van der Waals surface area contributed by atoms with Crippen LogP contribution in [-0.2, 0) is 20.4 Å². The average Bonchev–Trinajstić information content (AvgIpc) is 3.50. The van der Waals surface area contributed by atoms with Gasteiger partial charge in [0.1, 0.15) is 18.1 Å². The quantitative estimate of drug-likeness (QED) is 0.652. The van der Waals surface area contributed by atoms with E-state index in [4.69, 9.17) is 0 Å². The molecule has 0 atom stereocenters. The van der Waals surface area contributed by atoms with Crippen LogP contribution >= 0.6 is 0 Å². The molecule has 0 bridgehead atoms. The zero-order chi connectivity index (χ0) is 22.4. The predicted octanol–water partition coefficient (Wildman–Crippen LogP) is 4.16. The van der Waals surface area contributed by atoms with Gasteiger partial charge in [-0.3, -0.25) is 19.4 Å². The van der Waals surface area contributed by atoms with Crippen molar-refractivity contribution in [2.24, 2.45) is 0 Å². The zero-order valence-electron chi connectivity index (χ0n) is 17.5. The summed E-state index contributed by atoms with van der Waals surface area (Å²) >= 11 is 0. The molecule has 2 aromatic carbocycles. The molecule has 2 aliphatic rings. The molecule has 4 amide bonds. The summed E-state index contributed by atoms with van der Waals surface area (Å²) in [4.78, 5) is 40.6. The summed E-state index contributed by atoms with van der Waals surface area (Å²) < 4.78 is 26.6. The third-order valence-electron chi connectivity index (χ3n) is 6.32. The number of amides is 4. The maximum absolute atomic E-state index is 13.3. The molecule has 0 aromatic heterocycles. The molecule has 2 aromatic rings. The maximum Gasteiger partial charge on any atom is 0.333 e. The lowest BCUT2D eigenvalue weighted by molar-refractivity contribution is -0.143. The van der Waals surface area contributed by atoms with Crippen LogP contribution in [0.25, 0.3) is 0 Å². The number of hydrogen-bond acceptors (Lipinski definition) is 3. The fraction of sp³-hybridized carbons (Fsp3) is 0.375. The first-order valence-electron chi connectivity index (χ1n) is 10.3. The smallest absolute Gasteiger partial charge is 0.274 e. The van der Waals surface area contributed by atoms with Crippen molar-refractivity contribution >= 4 is 17.8 Å². The number of nitrogens with zero attached hydrogens (tertiary/aromatic N) is 2. The summed E-state index contributed by atoms with van der Waals surface area (Å²) in [5.41, 5.74) is 0.643. The molecule has 1 saturated carbocycles. The Labute approximate surface area is 179 Å². The van der Waals surface area contributed by atoms with Crippen molar-refractivity contribution in [3.63, 3.8) is 0 Å². The van der Waals surface area contributed by atoms with Crippen molar-refractivity contribution in [3.8, 4) is 0 Å². The van der Waals surface area contributed by atoms with Gasteiger partial charge in [0.2, 0.25) is 11.8 Å². The van der Waals surface area contributed by atoms with Crippen LogP contribution in [0, 0.1) is 11.6 Å². The molecule has 1 aliphatic carbocycles. The highest BCUT2D eigenvalue weighted by atomic mass is 19.1. The Hall–Kier alpha value is -3.09. The molecule has 7 heteroatoms. The average molecular weight is 426 g/mol. The van der Waals surface area contributed by atoms with Crippen LogP contribution in [0.1, 0.15) is 44.2 Å². The molecule has 0 N–H and O–H groups in total. The van der Waals surface area contributed by atoms with Crippen LogP contribution in [-0.4, -0.2) is 40.7 Å². The van der Waals surface area contributed by atoms with Gasteiger partial charge in [0.25, 0.3) is 0 Å². The second kappa shape index (κ2) is 7.55. The Morgan fingerprint density at radius 3 is 1.90 bits per heavy atom. The van der Waals surface area contributed by atoms with Crippen LogP contribution in [0.15, 0.2) is 48.5 Å². The van der Waals surface area contributed by atoms with E-state index in [0.717, 1.165) is 33.8 Å². The number of imide groups is 2. The Kier molecular flexibility index (Phi) is 5.15. The summed E-state index contributed by atoms with van der Waals surface area (Å²) in [6.07, 6.45) is 1.19. The van der Waals surface area contributed by atoms with Gasteiger partial charge < -0.3 is 0 Å². The van der Waals surface area contributed by atoms with Crippen molar-refractivity contribution in [1.82, 2.24) is 9.80 Å². The van der Waals surface area contributed by atoms with E-state index in [9.17, 15) is 23.2 Å². The van der Waals surface area contributed by atoms with Gasteiger partial charge in [0, 0.05) is 23.9 Å². The summed E-state index contributed by atoms with van der Waals surface area (Å²) in [5, 5.41) is 0. The van der Waals surface area contributed by atoms with Crippen LogP contribution in [0.4, 0.5) is 13.6 Å². The van der Waals surface area contributed by atoms with E-state index in [2.05, 4.69) is 0 Å².